The number of hydrogen-bond acceptors (Lipinski definition) is 5. The molecule has 0 saturated carbocycles. The van der Waals surface area contributed by atoms with Crippen LogP contribution in [0.15, 0.2) is 23.4 Å². The van der Waals surface area contributed by atoms with E-state index in [4.69, 9.17) is 0 Å². The van der Waals surface area contributed by atoms with Gasteiger partial charge in [0.05, 0.1) is 11.4 Å². The molecule has 1 atom stereocenters. The van der Waals surface area contributed by atoms with Gasteiger partial charge >= 0.3 is 0 Å². The van der Waals surface area contributed by atoms with Gasteiger partial charge in [0.2, 0.25) is 11.1 Å². The molecule has 6 nitrogen and oxygen atoms in total. The Kier molecular flexibility index (Phi) is 6.15. The van der Waals surface area contributed by atoms with Crippen molar-refractivity contribution in [2.24, 2.45) is 0 Å². The van der Waals surface area contributed by atoms with Crippen molar-refractivity contribution in [3.63, 3.8) is 0 Å². The van der Waals surface area contributed by atoms with Crippen LogP contribution in [0.25, 0.3) is 5.69 Å². The third kappa shape index (κ3) is 4.79. The van der Waals surface area contributed by atoms with Gasteiger partial charge in [-0.1, -0.05) is 42.8 Å². The van der Waals surface area contributed by atoms with E-state index < -0.39 is 0 Å². The number of carbonyl (C=O) groups excluding carboxylic acids is 1. The Morgan fingerprint density at radius 3 is 2.87 bits per heavy atom. The molecule has 2 rings (SSSR count). The minimum absolute atomic E-state index is 0.00567. The number of nitrogens with one attached hydrogen (secondary N) is 1. The third-order valence-corrected chi connectivity index (χ3v) is 4.40. The average Bonchev–Trinajstić information content (AvgIpc) is 2.93. The summed E-state index contributed by atoms with van der Waals surface area (Å²) in [5, 5.41) is 15.4. The molecule has 0 fully saturated rings. The lowest BCUT2D eigenvalue weighted by Gasteiger charge is -2.12. The van der Waals surface area contributed by atoms with E-state index >= 15 is 0 Å². The number of tetrazole rings is 1. The van der Waals surface area contributed by atoms with Crippen LogP contribution in [0.4, 0.5) is 0 Å². The van der Waals surface area contributed by atoms with Gasteiger partial charge in [-0.05, 0) is 49.2 Å². The normalized spacial score (nSPS) is 12.2. The fraction of sp³-hybridized carbons (Fsp3) is 0.500. The molecule has 0 radical (unpaired) electrons. The van der Waals surface area contributed by atoms with Crippen molar-refractivity contribution >= 4 is 17.7 Å². The second kappa shape index (κ2) is 8.10. The second-order valence-electron chi connectivity index (χ2n) is 5.71. The summed E-state index contributed by atoms with van der Waals surface area (Å²) in [7, 11) is 0. The summed E-state index contributed by atoms with van der Waals surface area (Å²) in [5.74, 6) is 0.311. The zero-order chi connectivity index (χ0) is 16.8. The number of benzene rings is 1. The van der Waals surface area contributed by atoms with Crippen LogP contribution in [0.5, 0.6) is 0 Å². The van der Waals surface area contributed by atoms with E-state index in [2.05, 4.69) is 33.8 Å². The third-order valence-electron chi connectivity index (χ3n) is 3.48. The Balaban J connectivity index is 2.03. The number of amides is 1. The molecule has 0 spiro atoms. The summed E-state index contributed by atoms with van der Waals surface area (Å²) in [6.45, 7) is 8.20. The van der Waals surface area contributed by atoms with Crippen molar-refractivity contribution in [2.75, 3.05) is 5.75 Å². The summed E-state index contributed by atoms with van der Waals surface area (Å²) in [4.78, 5) is 12.0. The SMILES string of the molecule is CCCC(C)NC(=O)CSc1nnnn1-c1ccc(C)cc1C. The van der Waals surface area contributed by atoms with Crippen LogP contribution >= 0.6 is 11.8 Å². The minimum atomic E-state index is 0.00567. The Labute approximate surface area is 141 Å². The summed E-state index contributed by atoms with van der Waals surface area (Å²) >= 11 is 1.34. The maximum absolute atomic E-state index is 12.0. The lowest BCUT2D eigenvalue weighted by Crippen LogP contribution is -2.33. The first-order chi connectivity index (χ1) is 11.0. The van der Waals surface area contributed by atoms with Gasteiger partial charge in [-0.15, -0.1) is 5.10 Å². The Hall–Kier alpha value is -1.89. The lowest BCUT2D eigenvalue weighted by atomic mass is 10.1. The van der Waals surface area contributed by atoms with Gasteiger partial charge in [0.25, 0.3) is 0 Å². The molecule has 1 aromatic heterocycles. The van der Waals surface area contributed by atoms with Gasteiger partial charge in [-0.2, -0.15) is 4.68 Å². The highest BCUT2D eigenvalue weighted by atomic mass is 32.2. The van der Waals surface area contributed by atoms with Gasteiger partial charge in [-0.25, -0.2) is 0 Å². The molecule has 1 heterocycles. The zero-order valence-corrected chi connectivity index (χ0v) is 14.9. The van der Waals surface area contributed by atoms with Crippen molar-refractivity contribution in [1.29, 1.82) is 0 Å². The van der Waals surface area contributed by atoms with Crippen LogP contribution in [-0.2, 0) is 4.79 Å². The maximum atomic E-state index is 12.0. The fourth-order valence-corrected chi connectivity index (χ4v) is 3.11. The molecule has 0 aliphatic heterocycles. The molecular weight excluding hydrogens is 310 g/mol. The van der Waals surface area contributed by atoms with Crippen LogP contribution in [0, 0.1) is 13.8 Å². The van der Waals surface area contributed by atoms with Gasteiger partial charge in [0, 0.05) is 6.04 Å². The number of aryl methyl sites for hydroxylation is 2. The number of thioether (sulfide) groups is 1. The molecule has 7 heteroatoms. The topological polar surface area (TPSA) is 72.7 Å². The van der Waals surface area contributed by atoms with Gasteiger partial charge in [0.1, 0.15) is 0 Å². The van der Waals surface area contributed by atoms with Crippen molar-refractivity contribution in [2.45, 2.75) is 51.7 Å². The number of hydrogen-bond donors (Lipinski definition) is 1. The molecule has 2 aromatic rings. The standard InChI is InChI=1S/C16H23N5OS/c1-5-6-13(4)17-15(22)10-23-16-18-19-20-21(16)14-8-7-11(2)9-12(14)3/h7-9,13H,5-6,10H2,1-4H3,(H,17,22). The smallest absolute Gasteiger partial charge is 0.230 e. The van der Waals surface area contributed by atoms with E-state index in [1.54, 1.807) is 4.68 Å². The molecule has 0 aliphatic rings. The van der Waals surface area contributed by atoms with E-state index in [-0.39, 0.29) is 11.9 Å². The van der Waals surface area contributed by atoms with Crippen molar-refractivity contribution in [3.8, 4) is 5.69 Å². The maximum Gasteiger partial charge on any atom is 0.230 e. The molecule has 0 aliphatic carbocycles. The highest BCUT2D eigenvalue weighted by Gasteiger charge is 2.14. The van der Waals surface area contributed by atoms with Crippen LogP contribution in [0.1, 0.15) is 37.8 Å². The fourth-order valence-electron chi connectivity index (χ4n) is 2.41. The van der Waals surface area contributed by atoms with Crippen molar-refractivity contribution in [1.82, 2.24) is 25.5 Å². The minimum Gasteiger partial charge on any atom is -0.353 e. The van der Waals surface area contributed by atoms with Gasteiger partial charge in [0.15, 0.2) is 0 Å². The molecule has 1 unspecified atom stereocenters. The first kappa shape index (κ1) is 17.5. The number of carbonyl (C=O) groups is 1. The van der Waals surface area contributed by atoms with Crippen LogP contribution in [-0.4, -0.2) is 37.9 Å². The molecular formula is C16H23N5OS. The highest BCUT2D eigenvalue weighted by Crippen LogP contribution is 2.21. The summed E-state index contributed by atoms with van der Waals surface area (Å²) in [6, 6.07) is 6.31. The number of rotatable bonds is 7. The molecule has 0 bridgehead atoms. The van der Waals surface area contributed by atoms with Gasteiger partial charge < -0.3 is 5.32 Å². The van der Waals surface area contributed by atoms with Gasteiger partial charge in [-0.3, -0.25) is 4.79 Å². The summed E-state index contributed by atoms with van der Waals surface area (Å²) < 4.78 is 1.68. The largest absolute Gasteiger partial charge is 0.353 e. The van der Waals surface area contributed by atoms with E-state index in [0.29, 0.717) is 10.9 Å². The lowest BCUT2D eigenvalue weighted by molar-refractivity contribution is -0.119. The van der Waals surface area contributed by atoms with Crippen molar-refractivity contribution in [3.05, 3.63) is 29.3 Å². The quantitative estimate of drug-likeness (QED) is 0.789. The molecule has 1 N–H and O–H groups in total. The average molecular weight is 333 g/mol. The van der Waals surface area contributed by atoms with Crippen LogP contribution < -0.4 is 5.32 Å². The summed E-state index contributed by atoms with van der Waals surface area (Å²) in [6.07, 6.45) is 2.04. The molecule has 0 saturated heterocycles. The van der Waals surface area contributed by atoms with E-state index in [1.165, 1.54) is 17.3 Å². The predicted molar refractivity (Wildman–Crippen MR) is 91.9 cm³/mol. The molecule has 124 valence electrons. The monoisotopic (exact) mass is 333 g/mol. The number of nitrogens with zero attached hydrogens (tertiary/aromatic N) is 4. The Bertz CT molecular complexity index is 670. The van der Waals surface area contributed by atoms with Crippen molar-refractivity contribution < 1.29 is 4.79 Å². The first-order valence-electron chi connectivity index (χ1n) is 7.79. The summed E-state index contributed by atoms with van der Waals surface area (Å²) in [5.41, 5.74) is 3.22. The molecule has 1 aromatic carbocycles. The first-order valence-corrected chi connectivity index (χ1v) is 8.78. The van der Waals surface area contributed by atoms with Crippen LogP contribution in [0.3, 0.4) is 0 Å². The second-order valence-corrected chi connectivity index (χ2v) is 6.65. The number of aromatic nitrogens is 4. The predicted octanol–water partition coefficient (Wildman–Crippen LogP) is 2.68. The van der Waals surface area contributed by atoms with E-state index in [1.807, 2.05) is 32.9 Å². The Morgan fingerprint density at radius 2 is 2.17 bits per heavy atom. The van der Waals surface area contributed by atoms with Crippen LogP contribution in [0.2, 0.25) is 0 Å². The van der Waals surface area contributed by atoms with E-state index in [9.17, 15) is 4.79 Å². The molecule has 1 amide bonds. The Morgan fingerprint density at radius 1 is 1.39 bits per heavy atom. The molecule has 23 heavy (non-hydrogen) atoms. The van der Waals surface area contributed by atoms with E-state index in [0.717, 1.165) is 24.1 Å². The zero-order valence-electron chi connectivity index (χ0n) is 14.0. The highest BCUT2D eigenvalue weighted by molar-refractivity contribution is 7.99.